The Balaban J connectivity index is 2.21. The van der Waals surface area contributed by atoms with Gasteiger partial charge in [0.2, 0.25) is 0 Å². The molecule has 1 amide bonds. The van der Waals surface area contributed by atoms with E-state index in [1.54, 1.807) is 0 Å². The summed E-state index contributed by atoms with van der Waals surface area (Å²) in [6.45, 7) is 6.74. The van der Waals surface area contributed by atoms with Crippen molar-refractivity contribution in [1.29, 1.82) is 0 Å². The molecule has 1 saturated heterocycles. The molecule has 1 aromatic rings. The van der Waals surface area contributed by atoms with Crippen molar-refractivity contribution in [2.75, 3.05) is 6.54 Å². The second-order valence-electron chi connectivity index (χ2n) is 4.67. The number of nitrogens with zero attached hydrogens (tertiary/aromatic N) is 1. The van der Waals surface area contributed by atoms with Crippen molar-refractivity contribution in [2.45, 2.75) is 46.1 Å². The molecule has 1 aliphatic heterocycles. The molecule has 1 fully saturated rings. The first-order chi connectivity index (χ1) is 7.59. The molecule has 0 bridgehead atoms. The fourth-order valence-corrected chi connectivity index (χ4v) is 2.40. The number of aryl methyl sites for hydroxylation is 2. The SMILES string of the molecule is Cc1cc(C(=O)N2CCCC[C@@H]2C)c(C)o1. The average molecular weight is 221 g/mol. The molecule has 0 unspecified atom stereocenters. The lowest BCUT2D eigenvalue weighted by molar-refractivity contribution is 0.0634. The van der Waals surface area contributed by atoms with Crippen molar-refractivity contribution in [3.8, 4) is 0 Å². The lowest BCUT2D eigenvalue weighted by atomic mass is 10.0. The quantitative estimate of drug-likeness (QED) is 0.730. The summed E-state index contributed by atoms with van der Waals surface area (Å²) in [5, 5.41) is 0. The van der Waals surface area contributed by atoms with Crippen molar-refractivity contribution >= 4 is 5.91 Å². The number of likely N-dealkylation sites (tertiary alicyclic amines) is 1. The third-order valence-corrected chi connectivity index (χ3v) is 3.34. The Kier molecular flexibility index (Phi) is 3.03. The molecule has 1 aliphatic rings. The molecule has 3 heteroatoms. The Morgan fingerprint density at radius 3 is 2.75 bits per heavy atom. The van der Waals surface area contributed by atoms with Crippen LogP contribution in [0, 0.1) is 13.8 Å². The zero-order chi connectivity index (χ0) is 11.7. The van der Waals surface area contributed by atoms with Gasteiger partial charge in [0, 0.05) is 12.6 Å². The van der Waals surface area contributed by atoms with E-state index < -0.39 is 0 Å². The molecule has 0 N–H and O–H groups in total. The van der Waals surface area contributed by atoms with Crippen LogP contribution >= 0.6 is 0 Å². The fraction of sp³-hybridized carbons (Fsp3) is 0.615. The standard InChI is InChI=1S/C13H19NO2/c1-9-6-4-5-7-14(9)13(15)12-8-10(2)16-11(12)3/h8-9H,4-7H2,1-3H3/t9-/m0/s1. The summed E-state index contributed by atoms with van der Waals surface area (Å²) in [6, 6.07) is 2.20. The highest BCUT2D eigenvalue weighted by molar-refractivity contribution is 5.95. The van der Waals surface area contributed by atoms with Gasteiger partial charge in [-0.25, -0.2) is 0 Å². The minimum Gasteiger partial charge on any atom is -0.466 e. The van der Waals surface area contributed by atoms with E-state index in [1.165, 1.54) is 6.42 Å². The van der Waals surface area contributed by atoms with E-state index in [9.17, 15) is 4.79 Å². The van der Waals surface area contributed by atoms with Crippen LogP contribution in [0.25, 0.3) is 0 Å². The van der Waals surface area contributed by atoms with Gasteiger partial charge in [-0.05, 0) is 46.1 Å². The van der Waals surface area contributed by atoms with Crippen LogP contribution < -0.4 is 0 Å². The number of hydrogen-bond acceptors (Lipinski definition) is 2. The highest BCUT2D eigenvalue weighted by atomic mass is 16.3. The van der Waals surface area contributed by atoms with Crippen LogP contribution in [0.4, 0.5) is 0 Å². The van der Waals surface area contributed by atoms with Crippen LogP contribution in [0.2, 0.25) is 0 Å². The van der Waals surface area contributed by atoms with Gasteiger partial charge in [-0.2, -0.15) is 0 Å². The Morgan fingerprint density at radius 1 is 1.44 bits per heavy atom. The number of carbonyl (C=O) groups excluding carboxylic acids is 1. The molecule has 0 radical (unpaired) electrons. The van der Waals surface area contributed by atoms with Gasteiger partial charge in [0.25, 0.3) is 5.91 Å². The molecular formula is C13H19NO2. The third-order valence-electron chi connectivity index (χ3n) is 3.34. The molecular weight excluding hydrogens is 202 g/mol. The fourth-order valence-electron chi connectivity index (χ4n) is 2.40. The molecule has 3 nitrogen and oxygen atoms in total. The molecule has 88 valence electrons. The predicted octanol–water partition coefficient (Wildman–Crippen LogP) is 2.91. The van der Waals surface area contributed by atoms with Crippen LogP contribution in [-0.2, 0) is 0 Å². The normalized spacial score (nSPS) is 21.2. The Bertz CT molecular complexity index is 395. The molecule has 16 heavy (non-hydrogen) atoms. The first-order valence-corrected chi connectivity index (χ1v) is 5.97. The lowest BCUT2D eigenvalue weighted by Gasteiger charge is -2.33. The summed E-state index contributed by atoms with van der Waals surface area (Å²) in [5.41, 5.74) is 0.728. The molecule has 1 atom stereocenters. The number of furan rings is 1. The predicted molar refractivity (Wildman–Crippen MR) is 62.5 cm³/mol. The van der Waals surface area contributed by atoms with Gasteiger partial charge in [-0.1, -0.05) is 0 Å². The van der Waals surface area contributed by atoms with Gasteiger partial charge >= 0.3 is 0 Å². The second-order valence-corrected chi connectivity index (χ2v) is 4.67. The maximum absolute atomic E-state index is 12.3. The van der Waals surface area contributed by atoms with Crippen LogP contribution in [-0.4, -0.2) is 23.4 Å². The lowest BCUT2D eigenvalue weighted by Crippen LogP contribution is -2.42. The molecule has 0 saturated carbocycles. The van der Waals surface area contributed by atoms with Gasteiger partial charge in [-0.15, -0.1) is 0 Å². The maximum atomic E-state index is 12.3. The number of hydrogen-bond donors (Lipinski definition) is 0. The maximum Gasteiger partial charge on any atom is 0.257 e. The van der Waals surface area contributed by atoms with Gasteiger partial charge in [0.15, 0.2) is 0 Å². The van der Waals surface area contributed by atoms with E-state index in [1.807, 2.05) is 24.8 Å². The minimum absolute atomic E-state index is 0.126. The van der Waals surface area contributed by atoms with Crippen molar-refractivity contribution < 1.29 is 9.21 Å². The van der Waals surface area contributed by atoms with Crippen molar-refractivity contribution in [3.63, 3.8) is 0 Å². The zero-order valence-electron chi connectivity index (χ0n) is 10.2. The number of amides is 1. The number of rotatable bonds is 1. The Morgan fingerprint density at radius 2 is 2.19 bits per heavy atom. The first kappa shape index (κ1) is 11.2. The average Bonchev–Trinajstić information content (AvgIpc) is 2.58. The highest BCUT2D eigenvalue weighted by Gasteiger charge is 2.26. The zero-order valence-corrected chi connectivity index (χ0v) is 10.2. The summed E-state index contributed by atoms with van der Waals surface area (Å²) in [7, 11) is 0. The monoisotopic (exact) mass is 221 g/mol. The van der Waals surface area contributed by atoms with Crippen molar-refractivity contribution in [3.05, 3.63) is 23.2 Å². The van der Waals surface area contributed by atoms with Gasteiger partial charge in [0.05, 0.1) is 5.56 Å². The smallest absolute Gasteiger partial charge is 0.257 e. The highest BCUT2D eigenvalue weighted by Crippen LogP contribution is 2.22. The molecule has 0 aromatic carbocycles. The first-order valence-electron chi connectivity index (χ1n) is 5.97. The topological polar surface area (TPSA) is 33.5 Å². The van der Waals surface area contributed by atoms with E-state index in [-0.39, 0.29) is 5.91 Å². The van der Waals surface area contributed by atoms with Crippen molar-refractivity contribution in [1.82, 2.24) is 4.90 Å². The summed E-state index contributed by atoms with van der Waals surface area (Å²) in [5.74, 6) is 1.67. The van der Waals surface area contributed by atoms with E-state index in [0.29, 0.717) is 6.04 Å². The van der Waals surface area contributed by atoms with Gasteiger partial charge < -0.3 is 9.32 Å². The Labute approximate surface area is 96.4 Å². The molecule has 0 aliphatic carbocycles. The molecule has 2 heterocycles. The third kappa shape index (κ3) is 1.99. The summed E-state index contributed by atoms with van der Waals surface area (Å²) >= 11 is 0. The molecule has 2 rings (SSSR count). The van der Waals surface area contributed by atoms with Crippen LogP contribution in [0.15, 0.2) is 10.5 Å². The summed E-state index contributed by atoms with van der Waals surface area (Å²) < 4.78 is 5.41. The van der Waals surface area contributed by atoms with Gasteiger partial charge in [0.1, 0.15) is 11.5 Å². The number of piperidine rings is 1. The number of carbonyl (C=O) groups is 1. The molecule has 0 spiro atoms. The summed E-state index contributed by atoms with van der Waals surface area (Å²) in [6.07, 6.45) is 3.46. The van der Waals surface area contributed by atoms with E-state index in [4.69, 9.17) is 4.42 Å². The van der Waals surface area contributed by atoms with Crippen molar-refractivity contribution in [2.24, 2.45) is 0 Å². The largest absolute Gasteiger partial charge is 0.466 e. The van der Waals surface area contributed by atoms with Gasteiger partial charge in [-0.3, -0.25) is 4.79 Å². The minimum atomic E-state index is 0.126. The summed E-state index contributed by atoms with van der Waals surface area (Å²) in [4.78, 5) is 14.3. The van der Waals surface area contributed by atoms with E-state index in [2.05, 4.69) is 6.92 Å². The Hall–Kier alpha value is -1.25. The second kappa shape index (κ2) is 4.32. The van der Waals surface area contributed by atoms with E-state index >= 15 is 0 Å². The van der Waals surface area contributed by atoms with E-state index in [0.717, 1.165) is 36.5 Å². The van der Waals surface area contributed by atoms with Crippen LogP contribution in [0.1, 0.15) is 48.1 Å². The molecule has 1 aromatic heterocycles. The van der Waals surface area contributed by atoms with Crippen LogP contribution in [0.5, 0.6) is 0 Å². The van der Waals surface area contributed by atoms with Crippen LogP contribution in [0.3, 0.4) is 0 Å².